The van der Waals surface area contributed by atoms with Crippen molar-refractivity contribution < 1.29 is 36.2 Å². The molecule has 0 saturated heterocycles. The Morgan fingerprint density at radius 1 is 0.865 bits per heavy atom. The predicted molar refractivity (Wildman–Crippen MR) is 129 cm³/mol. The van der Waals surface area contributed by atoms with Gasteiger partial charge in [-0.1, -0.05) is 48.5 Å². The highest BCUT2D eigenvalue weighted by Gasteiger charge is 2.59. The summed E-state index contributed by atoms with van der Waals surface area (Å²) in [5.74, 6) is -0.0585. The molecule has 4 aromatic rings. The number of aromatic amines is 1. The van der Waals surface area contributed by atoms with Gasteiger partial charge in [0.25, 0.3) is 6.10 Å². The van der Waals surface area contributed by atoms with E-state index in [1.165, 1.54) is 12.1 Å². The summed E-state index contributed by atoms with van der Waals surface area (Å²) in [6.07, 6.45) is -11.8. The van der Waals surface area contributed by atoms with E-state index in [4.69, 9.17) is 0 Å². The third-order valence-corrected chi connectivity index (χ3v) is 5.56. The molecule has 4 rings (SSSR count). The lowest BCUT2D eigenvalue weighted by atomic mass is 9.89. The Bertz CT molecular complexity index is 1400. The van der Waals surface area contributed by atoms with Crippen molar-refractivity contribution >= 4 is 23.2 Å². The van der Waals surface area contributed by atoms with E-state index < -0.39 is 29.8 Å². The Labute approximate surface area is 208 Å². The molecule has 1 heterocycles. The lowest BCUT2D eigenvalue weighted by Crippen LogP contribution is -2.46. The highest BCUT2D eigenvalue weighted by atomic mass is 19.4. The van der Waals surface area contributed by atoms with Gasteiger partial charge in [-0.25, -0.2) is 4.98 Å². The summed E-state index contributed by atoms with van der Waals surface area (Å²) >= 11 is 0. The van der Waals surface area contributed by atoms with Crippen LogP contribution in [0.4, 0.5) is 26.3 Å². The monoisotopic (exact) mass is 520 g/mol. The number of H-pyrrole nitrogens is 1. The Hall–Kier alpha value is -3.79. The molecule has 194 valence electrons. The first kappa shape index (κ1) is 26.3. The minimum Gasteiger partial charge on any atom is -0.471 e. The number of rotatable bonds is 6. The van der Waals surface area contributed by atoms with Crippen molar-refractivity contribution in [1.82, 2.24) is 9.97 Å². The standard InChI is InChI=1S/C27H22F6N2O2/c1-25(2,36)20-6-4-3-5-19(20)17-10-13-21-22(15-17)35-23(34-21)14-9-16-7-11-18(12-8-16)37-24(26(28,29)30)27(31,32)33/h3-15,24,36H,1-2H3,(H,34,35)/b14-9+. The molecule has 0 atom stereocenters. The molecule has 0 unspecified atom stereocenters. The fourth-order valence-electron chi connectivity index (χ4n) is 3.83. The smallest absolute Gasteiger partial charge is 0.434 e. The largest absolute Gasteiger partial charge is 0.471 e. The number of hydrogen-bond acceptors (Lipinski definition) is 3. The molecule has 4 nitrogen and oxygen atoms in total. The second-order valence-corrected chi connectivity index (χ2v) is 8.94. The van der Waals surface area contributed by atoms with Crippen molar-refractivity contribution in [2.24, 2.45) is 0 Å². The summed E-state index contributed by atoms with van der Waals surface area (Å²) < 4.78 is 80.3. The molecule has 2 N–H and O–H groups in total. The molecule has 0 aliphatic carbocycles. The maximum absolute atomic E-state index is 12.7. The number of benzene rings is 3. The summed E-state index contributed by atoms with van der Waals surface area (Å²) in [6, 6.07) is 17.9. The van der Waals surface area contributed by atoms with E-state index in [1.807, 2.05) is 42.5 Å². The van der Waals surface area contributed by atoms with E-state index in [-0.39, 0.29) is 0 Å². The van der Waals surface area contributed by atoms with Crippen molar-refractivity contribution in [3.05, 3.63) is 83.7 Å². The topological polar surface area (TPSA) is 58.1 Å². The maximum atomic E-state index is 12.7. The molecule has 10 heteroatoms. The van der Waals surface area contributed by atoms with Crippen LogP contribution >= 0.6 is 0 Å². The molecule has 0 aliphatic heterocycles. The van der Waals surface area contributed by atoms with E-state index in [1.54, 1.807) is 26.0 Å². The number of hydrogen-bond donors (Lipinski definition) is 2. The second-order valence-electron chi connectivity index (χ2n) is 8.94. The maximum Gasteiger partial charge on any atom is 0.434 e. The lowest BCUT2D eigenvalue weighted by Gasteiger charge is -2.23. The minimum absolute atomic E-state index is 0.498. The van der Waals surface area contributed by atoms with Gasteiger partial charge in [0.15, 0.2) is 0 Å². The van der Waals surface area contributed by atoms with E-state index >= 15 is 0 Å². The van der Waals surface area contributed by atoms with Gasteiger partial charge in [0, 0.05) is 0 Å². The van der Waals surface area contributed by atoms with Gasteiger partial charge in [0.05, 0.1) is 16.6 Å². The predicted octanol–water partition coefficient (Wildman–Crippen LogP) is 7.50. The summed E-state index contributed by atoms with van der Waals surface area (Å²) in [7, 11) is 0. The molecule has 0 amide bonds. The Balaban J connectivity index is 1.53. The number of aliphatic hydroxyl groups is 1. The van der Waals surface area contributed by atoms with Crippen LogP contribution in [0.15, 0.2) is 66.7 Å². The van der Waals surface area contributed by atoms with Crippen molar-refractivity contribution in [2.45, 2.75) is 37.9 Å². The van der Waals surface area contributed by atoms with Gasteiger partial charge in [-0.05, 0) is 66.4 Å². The molecule has 0 saturated carbocycles. The molecule has 0 aliphatic rings. The van der Waals surface area contributed by atoms with Crippen LogP contribution in [-0.2, 0) is 5.60 Å². The highest BCUT2D eigenvalue weighted by molar-refractivity contribution is 5.84. The SMILES string of the molecule is CC(C)(O)c1ccccc1-c1ccc2nc(/C=C/c3ccc(OC(C(F)(F)F)C(F)(F)F)cc3)[nH]c2c1. The van der Waals surface area contributed by atoms with Crippen LogP contribution in [0.5, 0.6) is 5.75 Å². The first-order chi connectivity index (χ1) is 17.2. The average Bonchev–Trinajstić information content (AvgIpc) is 3.22. The third-order valence-electron chi connectivity index (χ3n) is 5.56. The molecule has 0 spiro atoms. The Kier molecular flexibility index (Phi) is 6.81. The number of aromatic nitrogens is 2. The van der Waals surface area contributed by atoms with Crippen LogP contribution in [0.3, 0.4) is 0 Å². The van der Waals surface area contributed by atoms with Crippen molar-refractivity contribution in [1.29, 1.82) is 0 Å². The van der Waals surface area contributed by atoms with Gasteiger partial charge in [0.1, 0.15) is 11.6 Å². The zero-order valence-electron chi connectivity index (χ0n) is 19.7. The number of imidazole rings is 1. The van der Waals surface area contributed by atoms with Crippen LogP contribution in [0.25, 0.3) is 34.3 Å². The molecule has 0 radical (unpaired) electrons. The summed E-state index contributed by atoms with van der Waals surface area (Å²) in [5, 5.41) is 10.5. The lowest BCUT2D eigenvalue weighted by molar-refractivity contribution is -0.299. The van der Waals surface area contributed by atoms with Crippen LogP contribution in [-0.4, -0.2) is 33.5 Å². The van der Waals surface area contributed by atoms with Crippen molar-refractivity contribution in [2.75, 3.05) is 0 Å². The normalized spacial score (nSPS) is 13.1. The number of halogens is 6. The molecule has 37 heavy (non-hydrogen) atoms. The number of nitrogens with one attached hydrogen (secondary N) is 1. The van der Waals surface area contributed by atoms with Gasteiger partial charge in [-0.15, -0.1) is 0 Å². The summed E-state index contributed by atoms with van der Waals surface area (Å²) in [5.41, 5.74) is 3.46. The zero-order chi connectivity index (χ0) is 27.0. The van der Waals surface area contributed by atoms with Crippen molar-refractivity contribution in [3.8, 4) is 16.9 Å². The Morgan fingerprint density at radius 3 is 2.14 bits per heavy atom. The van der Waals surface area contributed by atoms with Gasteiger partial charge in [-0.2, -0.15) is 26.3 Å². The van der Waals surface area contributed by atoms with E-state index in [9.17, 15) is 31.4 Å². The van der Waals surface area contributed by atoms with Gasteiger partial charge < -0.3 is 14.8 Å². The number of ether oxygens (including phenoxy) is 1. The van der Waals surface area contributed by atoms with Crippen LogP contribution in [0.1, 0.15) is 30.8 Å². The first-order valence-corrected chi connectivity index (χ1v) is 11.1. The van der Waals surface area contributed by atoms with Crippen LogP contribution in [0, 0.1) is 0 Å². The first-order valence-electron chi connectivity index (χ1n) is 11.1. The van der Waals surface area contributed by atoms with Gasteiger partial charge in [-0.3, -0.25) is 0 Å². The Morgan fingerprint density at radius 2 is 1.51 bits per heavy atom. The molecular weight excluding hydrogens is 498 g/mol. The fraction of sp³-hybridized carbons (Fsp3) is 0.222. The highest BCUT2D eigenvalue weighted by Crippen LogP contribution is 2.37. The number of fused-ring (bicyclic) bond motifs is 1. The summed E-state index contributed by atoms with van der Waals surface area (Å²) in [4.78, 5) is 7.65. The quantitative estimate of drug-likeness (QED) is 0.259. The molecule has 3 aromatic carbocycles. The molecular formula is C27H22F6N2O2. The second kappa shape index (κ2) is 9.59. The zero-order valence-corrected chi connectivity index (χ0v) is 19.7. The van der Waals surface area contributed by atoms with Gasteiger partial charge in [0.2, 0.25) is 0 Å². The van der Waals surface area contributed by atoms with E-state index in [0.717, 1.165) is 34.3 Å². The van der Waals surface area contributed by atoms with Crippen molar-refractivity contribution in [3.63, 3.8) is 0 Å². The van der Waals surface area contributed by atoms with Crippen LogP contribution < -0.4 is 4.74 Å². The van der Waals surface area contributed by atoms with Gasteiger partial charge >= 0.3 is 12.4 Å². The average molecular weight is 520 g/mol. The molecule has 0 bridgehead atoms. The minimum atomic E-state index is -5.59. The van der Waals surface area contributed by atoms with Crippen LogP contribution in [0.2, 0.25) is 0 Å². The molecule has 0 fully saturated rings. The number of nitrogens with zero attached hydrogens (tertiary/aromatic N) is 1. The fourth-order valence-corrected chi connectivity index (χ4v) is 3.83. The third kappa shape index (κ3) is 6.14. The number of alkyl halides is 6. The molecule has 1 aromatic heterocycles. The van der Waals surface area contributed by atoms with E-state index in [2.05, 4.69) is 14.7 Å². The summed E-state index contributed by atoms with van der Waals surface area (Å²) in [6.45, 7) is 3.43. The van der Waals surface area contributed by atoms with E-state index in [0.29, 0.717) is 16.9 Å².